The Hall–Kier alpha value is -3.33. The summed E-state index contributed by atoms with van der Waals surface area (Å²) in [6, 6.07) is 1.72. The molecule has 0 saturated heterocycles. The molecule has 3 heterocycles. The van der Waals surface area contributed by atoms with Crippen LogP contribution in [0.5, 0.6) is 5.75 Å². The summed E-state index contributed by atoms with van der Waals surface area (Å²) in [7, 11) is 4.30. The molecule has 0 atom stereocenters. The summed E-state index contributed by atoms with van der Waals surface area (Å²) in [5.41, 5.74) is -0.393. The van der Waals surface area contributed by atoms with E-state index < -0.39 is 17.0 Å². The molecule has 3 aromatic heterocycles. The average molecular weight is 411 g/mol. The first kappa shape index (κ1) is 19.0. The Bertz CT molecular complexity index is 1370. The Labute approximate surface area is 168 Å². The smallest absolute Gasteiger partial charge is 0.332 e. The summed E-state index contributed by atoms with van der Waals surface area (Å²) in [5, 5.41) is 1.75. The molecule has 0 radical (unpaired) electrons. The van der Waals surface area contributed by atoms with Crippen LogP contribution >= 0.6 is 11.3 Å². The zero-order chi connectivity index (χ0) is 21.0. The van der Waals surface area contributed by atoms with E-state index >= 15 is 0 Å². The molecular formula is C20H17N3O5S. The molecule has 1 aliphatic rings. The summed E-state index contributed by atoms with van der Waals surface area (Å²) in [5.74, 6) is -0.360. The van der Waals surface area contributed by atoms with Gasteiger partial charge in [-0.25, -0.2) is 9.78 Å². The maximum atomic E-state index is 13.4. The maximum absolute atomic E-state index is 13.4. The van der Waals surface area contributed by atoms with E-state index in [2.05, 4.69) is 4.98 Å². The van der Waals surface area contributed by atoms with Crippen molar-refractivity contribution in [3.05, 3.63) is 60.1 Å². The highest BCUT2D eigenvalue weighted by atomic mass is 32.1. The summed E-state index contributed by atoms with van der Waals surface area (Å²) in [4.78, 5) is 56.7. The topological polar surface area (TPSA) is 100 Å². The maximum Gasteiger partial charge on any atom is 0.332 e. The average Bonchev–Trinajstić information content (AvgIpc) is 3.20. The number of methoxy groups -OCH3 is 1. The van der Waals surface area contributed by atoms with Crippen molar-refractivity contribution in [2.75, 3.05) is 7.11 Å². The van der Waals surface area contributed by atoms with Crippen molar-refractivity contribution in [1.29, 1.82) is 0 Å². The molecule has 9 heteroatoms. The second-order valence-electron chi connectivity index (χ2n) is 6.64. The Balaban J connectivity index is 2.14. The van der Waals surface area contributed by atoms with E-state index in [-0.39, 0.29) is 33.5 Å². The van der Waals surface area contributed by atoms with Crippen LogP contribution in [0.4, 0.5) is 0 Å². The molecule has 0 aliphatic heterocycles. The van der Waals surface area contributed by atoms with Gasteiger partial charge in [0.05, 0.1) is 34.2 Å². The number of fused-ring (bicyclic) bond motifs is 3. The molecule has 8 nitrogen and oxygen atoms in total. The van der Waals surface area contributed by atoms with Crippen LogP contribution in [0.2, 0.25) is 0 Å². The molecule has 1 aliphatic carbocycles. The second kappa shape index (κ2) is 6.63. The molecule has 0 saturated carbocycles. The third kappa shape index (κ3) is 2.54. The largest absolute Gasteiger partial charge is 0.495 e. The van der Waals surface area contributed by atoms with Gasteiger partial charge in [0.15, 0.2) is 11.6 Å². The summed E-state index contributed by atoms with van der Waals surface area (Å²) in [6.45, 7) is 1.80. The van der Waals surface area contributed by atoms with E-state index in [0.29, 0.717) is 22.7 Å². The highest BCUT2D eigenvalue weighted by molar-refractivity contribution is 7.12. The molecule has 0 spiro atoms. The highest BCUT2D eigenvalue weighted by Gasteiger charge is 2.34. The van der Waals surface area contributed by atoms with E-state index in [0.717, 1.165) is 4.57 Å². The van der Waals surface area contributed by atoms with Gasteiger partial charge in [0, 0.05) is 19.7 Å². The lowest BCUT2D eigenvalue weighted by molar-refractivity contribution is 0.100. The number of pyridine rings is 1. The van der Waals surface area contributed by atoms with Gasteiger partial charge in [-0.3, -0.25) is 23.5 Å². The zero-order valence-corrected chi connectivity index (χ0v) is 17.0. The number of Topliss-reactive ketones (excluding diaryl/α,β-unsaturated/α-hetero) is 1. The number of carbonyl (C=O) groups is 2. The SMILES string of the molecule is CCc1nc2c(c3c1C(=O)C(c1sccc1OC)=CC3=O)c(=O)n(C)c(=O)n2C. The lowest BCUT2D eigenvalue weighted by atomic mass is 9.85. The normalized spacial score (nSPS) is 13.6. The van der Waals surface area contributed by atoms with Gasteiger partial charge in [0.2, 0.25) is 0 Å². The number of allylic oxidation sites excluding steroid dienone is 2. The first-order valence-corrected chi connectivity index (χ1v) is 9.74. The number of aromatic nitrogens is 3. The van der Waals surface area contributed by atoms with Gasteiger partial charge < -0.3 is 4.74 Å². The summed E-state index contributed by atoms with van der Waals surface area (Å²) in [6.07, 6.45) is 1.60. The fraction of sp³-hybridized carbons (Fsp3) is 0.250. The van der Waals surface area contributed by atoms with Crippen LogP contribution < -0.4 is 16.0 Å². The van der Waals surface area contributed by atoms with Crippen molar-refractivity contribution >= 4 is 39.5 Å². The number of ether oxygens (including phenoxy) is 1. The summed E-state index contributed by atoms with van der Waals surface area (Å²) < 4.78 is 7.43. The van der Waals surface area contributed by atoms with Crippen molar-refractivity contribution in [3.63, 3.8) is 0 Å². The third-order valence-electron chi connectivity index (χ3n) is 5.09. The monoisotopic (exact) mass is 411 g/mol. The van der Waals surface area contributed by atoms with Crippen molar-refractivity contribution < 1.29 is 14.3 Å². The third-order valence-corrected chi connectivity index (χ3v) is 6.01. The van der Waals surface area contributed by atoms with Gasteiger partial charge in [0.1, 0.15) is 11.4 Å². The number of hydrogen-bond acceptors (Lipinski definition) is 7. The molecule has 148 valence electrons. The molecule has 0 unspecified atom stereocenters. The minimum atomic E-state index is -0.652. The molecule has 0 bridgehead atoms. The molecule has 4 rings (SSSR count). The van der Waals surface area contributed by atoms with Crippen molar-refractivity contribution in [3.8, 4) is 5.75 Å². The highest BCUT2D eigenvalue weighted by Crippen LogP contribution is 2.38. The molecule has 29 heavy (non-hydrogen) atoms. The minimum Gasteiger partial charge on any atom is -0.495 e. The van der Waals surface area contributed by atoms with Crippen LogP contribution in [0.25, 0.3) is 16.6 Å². The number of hydrogen-bond donors (Lipinski definition) is 0. The van der Waals surface area contributed by atoms with Gasteiger partial charge >= 0.3 is 5.69 Å². The van der Waals surface area contributed by atoms with Crippen LogP contribution in [0.3, 0.4) is 0 Å². The summed E-state index contributed by atoms with van der Waals surface area (Å²) >= 11 is 1.29. The standard InChI is InChI=1S/C20H17N3O5S/c1-5-10-13-14(15-18(21-10)22(2)20(27)23(3)19(15)26)11(24)8-9(16(13)25)17-12(28-4)6-7-29-17/h6-8H,5H2,1-4H3. The minimum absolute atomic E-state index is 0.00678. The number of nitrogens with zero attached hydrogens (tertiary/aromatic N) is 3. The first-order chi connectivity index (χ1) is 13.8. The van der Waals surface area contributed by atoms with Crippen molar-refractivity contribution in [2.24, 2.45) is 14.1 Å². The predicted octanol–water partition coefficient (Wildman–Crippen LogP) is 1.73. The Morgan fingerprint density at radius 3 is 2.48 bits per heavy atom. The number of rotatable bonds is 3. The Kier molecular flexibility index (Phi) is 4.34. The number of ketones is 2. The lowest BCUT2D eigenvalue weighted by Crippen LogP contribution is -2.39. The van der Waals surface area contributed by atoms with E-state index in [1.165, 1.54) is 43.2 Å². The zero-order valence-electron chi connectivity index (χ0n) is 16.2. The fourth-order valence-corrected chi connectivity index (χ4v) is 4.48. The number of carbonyl (C=O) groups excluding carboxylic acids is 2. The Morgan fingerprint density at radius 2 is 1.83 bits per heavy atom. The molecule has 0 amide bonds. The number of thiophene rings is 1. The van der Waals surface area contributed by atoms with Crippen LogP contribution in [0.15, 0.2) is 27.1 Å². The molecular weight excluding hydrogens is 394 g/mol. The predicted molar refractivity (Wildman–Crippen MR) is 109 cm³/mol. The molecule has 0 N–H and O–H groups in total. The first-order valence-electron chi connectivity index (χ1n) is 8.86. The lowest BCUT2D eigenvalue weighted by Gasteiger charge is -2.20. The quantitative estimate of drug-likeness (QED) is 0.651. The van der Waals surface area contributed by atoms with Crippen LogP contribution in [-0.4, -0.2) is 32.8 Å². The van der Waals surface area contributed by atoms with Crippen molar-refractivity contribution in [2.45, 2.75) is 13.3 Å². The van der Waals surface area contributed by atoms with E-state index in [4.69, 9.17) is 4.74 Å². The second-order valence-corrected chi connectivity index (χ2v) is 7.55. The fourth-order valence-electron chi connectivity index (χ4n) is 3.61. The van der Waals surface area contributed by atoms with Gasteiger partial charge in [-0.2, -0.15) is 0 Å². The van der Waals surface area contributed by atoms with Gasteiger partial charge in [0.25, 0.3) is 5.56 Å². The number of aryl methyl sites for hydroxylation is 2. The molecule has 0 aromatic carbocycles. The molecule has 3 aromatic rings. The van der Waals surface area contributed by atoms with E-state index in [1.807, 2.05) is 0 Å². The van der Waals surface area contributed by atoms with Gasteiger partial charge in [-0.1, -0.05) is 6.92 Å². The van der Waals surface area contributed by atoms with Crippen LogP contribution in [0, 0.1) is 0 Å². The van der Waals surface area contributed by atoms with Crippen LogP contribution in [-0.2, 0) is 20.5 Å². The van der Waals surface area contributed by atoms with E-state index in [1.54, 1.807) is 18.4 Å². The van der Waals surface area contributed by atoms with Crippen LogP contribution in [0.1, 0.15) is 38.2 Å². The molecule has 0 fully saturated rings. The van der Waals surface area contributed by atoms with E-state index in [9.17, 15) is 19.2 Å². The Morgan fingerprint density at radius 1 is 1.10 bits per heavy atom. The van der Waals surface area contributed by atoms with Crippen molar-refractivity contribution in [1.82, 2.24) is 14.1 Å². The van der Waals surface area contributed by atoms with Gasteiger partial charge in [-0.05, 0) is 23.9 Å². The van der Waals surface area contributed by atoms with Gasteiger partial charge in [-0.15, -0.1) is 11.3 Å².